The molecule has 0 aliphatic carbocycles. The highest BCUT2D eigenvalue weighted by molar-refractivity contribution is 6.09. The van der Waals surface area contributed by atoms with Gasteiger partial charge in [-0.3, -0.25) is 9.59 Å². The van der Waals surface area contributed by atoms with Crippen LogP contribution in [0.25, 0.3) is 21.9 Å². The van der Waals surface area contributed by atoms with Gasteiger partial charge in [-0.05, 0) is 24.3 Å². The predicted octanol–water partition coefficient (Wildman–Crippen LogP) is 3.08. The number of esters is 1. The van der Waals surface area contributed by atoms with Crippen LogP contribution in [-0.4, -0.2) is 24.9 Å². The molecule has 0 fully saturated rings. The first-order chi connectivity index (χ1) is 10.6. The molecule has 0 bridgehead atoms. The Bertz CT molecular complexity index is 871. The Hall–Kier alpha value is -2.37. The van der Waals surface area contributed by atoms with Gasteiger partial charge in [0.05, 0.1) is 7.11 Å². The van der Waals surface area contributed by atoms with E-state index in [1.165, 1.54) is 7.11 Å². The van der Waals surface area contributed by atoms with Crippen molar-refractivity contribution in [1.82, 2.24) is 0 Å². The number of nitrogens with two attached hydrogens (primary N) is 1. The second-order valence-electron chi connectivity index (χ2n) is 5.07. The van der Waals surface area contributed by atoms with Crippen molar-refractivity contribution in [3.05, 3.63) is 48.0 Å². The molecule has 23 heavy (non-hydrogen) atoms. The number of halogens is 1. The maximum atomic E-state index is 12.3. The van der Waals surface area contributed by atoms with Crippen LogP contribution >= 0.6 is 12.4 Å². The van der Waals surface area contributed by atoms with E-state index in [1.807, 2.05) is 24.3 Å². The molecular weight excluding hydrogens is 318 g/mol. The third-order valence-electron chi connectivity index (χ3n) is 3.61. The molecule has 0 spiro atoms. The van der Waals surface area contributed by atoms with Crippen LogP contribution in [0.5, 0.6) is 0 Å². The Kier molecular flexibility index (Phi) is 5.03. The third-order valence-corrected chi connectivity index (χ3v) is 3.61. The van der Waals surface area contributed by atoms with Gasteiger partial charge in [-0.1, -0.05) is 18.2 Å². The minimum absolute atomic E-state index is 0. The molecule has 5 nitrogen and oxygen atoms in total. The van der Waals surface area contributed by atoms with Crippen molar-refractivity contribution in [3.8, 4) is 0 Å². The highest BCUT2D eigenvalue weighted by atomic mass is 35.5. The van der Waals surface area contributed by atoms with Gasteiger partial charge in [0, 0.05) is 22.8 Å². The number of rotatable bonds is 4. The molecule has 0 aliphatic rings. The molecule has 1 aromatic heterocycles. The smallest absolute Gasteiger partial charge is 0.323 e. The lowest BCUT2D eigenvalue weighted by Crippen LogP contribution is -2.33. The van der Waals surface area contributed by atoms with Crippen LogP contribution < -0.4 is 5.73 Å². The van der Waals surface area contributed by atoms with Crippen LogP contribution in [0.4, 0.5) is 0 Å². The topological polar surface area (TPSA) is 82.5 Å². The number of Topliss-reactive ketones (excluding diaryl/α,β-unsaturated/α-hetero) is 1. The average Bonchev–Trinajstić information content (AvgIpc) is 2.91. The number of hydrogen-bond acceptors (Lipinski definition) is 5. The monoisotopic (exact) mass is 333 g/mol. The fourth-order valence-corrected chi connectivity index (χ4v) is 2.45. The van der Waals surface area contributed by atoms with Crippen LogP contribution in [-0.2, 0) is 9.53 Å². The maximum Gasteiger partial charge on any atom is 0.323 e. The van der Waals surface area contributed by atoms with Crippen LogP contribution in [0.15, 0.2) is 46.9 Å². The van der Waals surface area contributed by atoms with Crippen molar-refractivity contribution in [2.75, 3.05) is 7.11 Å². The molecule has 0 saturated heterocycles. The number of ketones is 1. The quantitative estimate of drug-likeness (QED) is 0.586. The van der Waals surface area contributed by atoms with Gasteiger partial charge in [0.1, 0.15) is 17.2 Å². The number of benzene rings is 2. The molecular formula is C17H16ClNO4. The van der Waals surface area contributed by atoms with Gasteiger partial charge in [-0.15, -0.1) is 12.4 Å². The van der Waals surface area contributed by atoms with Gasteiger partial charge in [-0.2, -0.15) is 0 Å². The lowest BCUT2D eigenvalue weighted by Gasteiger charge is -2.08. The molecule has 3 aromatic rings. The molecule has 0 aliphatic heterocycles. The number of carbonyl (C=O) groups is 2. The summed E-state index contributed by atoms with van der Waals surface area (Å²) in [5, 5.41) is 1.82. The zero-order valence-electron chi connectivity index (χ0n) is 12.4. The summed E-state index contributed by atoms with van der Waals surface area (Å²) >= 11 is 0. The molecule has 1 atom stereocenters. The van der Waals surface area contributed by atoms with Crippen LogP contribution in [0, 0.1) is 0 Å². The lowest BCUT2D eigenvalue weighted by atomic mass is 10.0. The molecule has 0 amide bonds. The molecule has 0 unspecified atom stereocenters. The Morgan fingerprint density at radius 3 is 2.57 bits per heavy atom. The van der Waals surface area contributed by atoms with Crippen LogP contribution in [0.1, 0.15) is 16.8 Å². The molecule has 1 heterocycles. The predicted molar refractivity (Wildman–Crippen MR) is 89.9 cm³/mol. The van der Waals surface area contributed by atoms with Gasteiger partial charge in [0.2, 0.25) is 0 Å². The largest absolute Gasteiger partial charge is 0.468 e. The van der Waals surface area contributed by atoms with Crippen molar-refractivity contribution in [2.24, 2.45) is 5.73 Å². The van der Waals surface area contributed by atoms with Gasteiger partial charge >= 0.3 is 5.97 Å². The SMILES string of the molecule is COC(=O)[C@@H](N)CC(=O)c1ccc2oc3ccccc3c2c1.Cl. The van der Waals surface area contributed by atoms with Crippen molar-refractivity contribution >= 4 is 46.1 Å². The first-order valence-corrected chi connectivity index (χ1v) is 6.88. The number of fused-ring (bicyclic) bond motifs is 3. The summed E-state index contributed by atoms with van der Waals surface area (Å²) in [7, 11) is 1.25. The van der Waals surface area contributed by atoms with E-state index in [9.17, 15) is 9.59 Å². The number of para-hydroxylation sites is 1. The van der Waals surface area contributed by atoms with E-state index in [0.717, 1.165) is 21.9 Å². The van der Waals surface area contributed by atoms with Crippen LogP contribution in [0.2, 0.25) is 0 Å². The number of hydrogen-bond donors (Lipinski definition) is 1. The first-order valence-electron chi connectivity index (χ1n) is 6.88. The zero-order chi connectivity index (χ0) is 15.7. The Balaban J connectivity index is 0.00000192. The second kappa shape index (κ2) is 6.81. The number of furan rings is 1. The highest BCUT2D eigenvalue weighted by Crippen LogP contribution is 2.29. The summed E-state index contributed by atoms with van der Waals surface area (Å²) in [6.45, 7) is 0. The van der Waals surface area contributed by atoms with E-state index in [4.69, 9.17) is 10.2 Å². The highest BCUT2D eigenvalue weighted by Gasteiger charge is 2.19. The Morgan fingerprint density at radius 2 is 1.83 bits per heavy atom. The van der Waals surface area contributed by atoms with Crippen molar-refractivity contribution in [1.29, 1.82) is 0 Å². The van der Waals surface area contributed by atoms with E-state index < -0.39 is 12.0 Å². The summed E-state index contributed by atoms with van der Waals surface area (Å²) in [4.78, 5) is 23.6. The number of carbonyl (C=O) groups excluding carboxylic acids is 2. The number of methoxy groups -OCH3 is 1. The molecule has 2 aromatic carbocycles. The van der Waals surface area contributed by atoms with E-state index in [2.05, 4.69) is 4.74 Å². The Labute approximate surface area is 138 Å². The molecule has 120 valence electrons. The minimum Gasteiger partial charge on any atom is -0.468 e. The zero-order valence-corrected chi connectivity index (χ0v) is 13.3. The van der Waals surface area contributed by atoms with E-state index in [-0.39, 0.29) is 24.6 Å². The summed E-state index contributed by atoms with van der Waals surface area (Å²) in [6.07, 6.45) is -0.0893. The first kappa shape index (κ1) is 17.0. The molecule has 3 rings (SSSR count). The number of ether oxygens (including phenoxy) is 1. The third kappa shape index (κ3) is 3.21. The molecule has 0 radical (unpaired) electrons. The van der Waals surface area contributed by atoms with Gasteiger partial charge in [0.25, 0.3) is 0 Å². The van der Waals surface area contributed by atoms with Crippen molar-refractivity contribution < 1.29 is 18.7 Å². The lowest BCUT2D eigenvalue weighted by molar-refractivity contribution is -0.142. The van der Waals surface area contributed by atoms with Gasteiger partial charge in [0.15, 0.2) is 5.78 Å². The fourth-order valence-electron chi connectivity index (χ4n) is 2.45. The van der Waals surface area contributed by atoms with Gasteiger partial charge < -0.3 is 14.9 Å². The summed E-state index contributed by atoms with van der Waals surface area (Å²) in [5.41, 5.74) is 7.62. The van der Waals surface area contributed by atoms with Crippen molar-refractivity contribution in [3.63, 3.8) is 0 Å². The molecule has 0 saturated carbocycles. The standard InChI is InChI=1S/C17H15NO4.ClH/c1-21-17(20)13(18)9-14(19)10-6-7-16-12(8-10)11-4-2-3-5-15(11)22-16;/h2-8,13H,9,18H2,1H3;1H/t13-;/m0./s1. The minimum atomic E-state index is -0.950. The van der Waals surface area contributed by atoms with Gasteiger partial charge in [-0.25, -0.2) is 0 Å². The van der Waals surface area contributed by atoms with Crippen molar-refractivity contribution in [2.45, 2.75) is 12.5 Å². The maximum absolute atomic E-state index is 12.3. The molecule has 2 N–H and O–H groups in total. The Morgan fingerprint density at radius 1 is 1.13 bits per heavy atom. The normalized spacial score (nSPS) is 11.9. The fraction of sp³-hybridized carbons (Fsp3) is 0.176. The summed E-state index contributed by atoms with van der Waals surface area (Å²) in [6, 6.07) is 11.9. The van der Waals surface area contributed by atoms with E-state index in [0.29, 0.717) is 5.56 Å². The van der Waals surface area contributed by atoms with E-state index >= 15 is 0 Å². The summed E-state index contributed by atoms with van der Waals surface area (Å²) in [5.74, 6) is -0.798. The second-order valence-corrected chi connectivity index (χ2v) is 5.07. The van der Waals surface area contributed by atoms with E-state index in [1.54, 1.807) is 18.2 Å². The molecule has 6 heteroatoms. The summed E-state index contributed by atoms with van der Waals surface area (Å²) < 4.78 is 10.2. The van der Waals surface area contributed by atoms with Crippen LogP contribution in [0.3, 0.4) is 0 Å². The average molecular weight is 334 g/mol.